The zero-order valence-corrected chi connectivity index (χ0v) is 15.1. The van der Waals surface area contributed by atoms with E-state index in [-0.39, 0.29) is 25.2 Å². The van der Waals surface area contributed by atoms with Crippen LogP contribution in [0.5, 0.6) is 11.5 Å². The van der Waals surface area contributed by atoms with Crippen molar-refractivity contribution in [1.29, 1.82) is 0 Å². The molecule has 0 unspecified atom stereocenters. The standard InChI is InChI=1S/C20H22N2O4/c1-14(2)26-20(23)12-22-18-7-5-4-6-17(18)21-19(22)13-25-16-10-8-15(24-3)9-11-16/h4-11,14H,12-13H2,1-3H3. The lowest BCUT2D eigenvalue weighted by Gasteiger charge is -2.12. The van der Waals surface area contributed by atoms with Crippen LogP contribution in [0, 0.1) is 0 Å². The van der Waals surface area contributed by atoms with Gasteiger partial charge < -0.3 is 18.8 Å². The Kier molecular flexibility index (Phi) is 5.41. The van der Waals surface area contributed by atoms with Gasteiger partial charge in [0.05, 0.1) is 24.2 Å². The third kappa shape index (κ3) is 4.14. The number of hydrogen-bond acceptors (Lipinski definition) is 5. The Bertz CT molecular complexity index is 884. The van der Waals surface area contributed by atoms with Crippen molar-refractivity contribution >= 4 is 17.0 Å². The Morgan fingerprint density at radius 2 is 1.77 bits per heavy atom. The number of imidazole rings is 1. The summed E-state index contributed by atoms with van der Waals surface area (Å²) in [4.78, 5) is 16.7. The number of methoxy groups -OCH3 is 1. The third-order valence-electron chi connectivity index (χ3n) is 3.82. The molecule has 0 radical (unpaired) electrons. The number of esters is 1. The Labute approximate surface area is 152 Å². The molecule has 2 aromatic carbocycles. The molecular weight excluding hydrogens is 332 g/mol. The Morgan fingerprint density at radius 3 is 2.46 bits per heavy atom. The number of benzene rings is 2. The van der Waals surface area contributed by atoms with Crippen molar-refractivity contribution in [2.45, 2.75) is 33.1 Å². The van der Waals surface area contributed by atoms with Gasteiger partial charge in [0.15, 0.2) is 0 Å². The van der Waals surface area contributed by atoms with Crippen molar-refractivity contribution in [2.24, 2.45) is 0 Å². The van der Waals surface area contributed by atoms with E-state index in [0.717, 1.165) is 16.8 Å². The van der Waals surface area contributed by atoms with E-state index in [1.54, 1.807) is 7.11 Å². The number of carbonyl (C=O) groups excluding carboxylic acids is 1. The Hall–Kier alpha value is -3.02. The summed E-state index contributed by atoms with van der Waals surface area (Å²) in [6.45, 7) is 4.01. The summed E-state index contributed by atoms with van der Waals surface area (Å²) < 4.78 is 18.1. The van der Waals surface area contributed by atoms with Crippen LogP contribution in [0.1, 0.15) is 19.7 Å². The number of nitrogens with zero attached hydrogens (tertiary/aromatic N) is 2. The van der Waals surface area contributed by atoms with E-state index in [1.165, 1.54) is 0 Å². The number of fused-ring (bicyclic) bond motifs is 1. The molecule has 0 N–H and O–H groups in total. The predicted octanol–water partition coefficient (Wildman–Crippen LogP) is 3.58. The fourth-order valence-corrected chi connectivity index (χ4v) is 2.66. The summed E-state index contributed by atoms with van der Waals surface area (Å²) in [7, 11) is 1.62. The van der Waals surface area contributed by atoms with Crippen LogP contribution >= 0.6 is 0 Å². The molecule has 0 atom stereocenters. The van der Waals surface area contributed by atoms with Gasteiger partial charge in [0.25, 0.3) is 0 Å². The second kappa shape index (κ2) is 7.91. The third-order valence-corrected chi connectivity index (χ3v) is 3.82. The predicted molar refractivity (Wildman–Crippen MR) is 98.3 cm³/mol. The molecule has 3 rings (SSSR count). The molecule has 3 aromatic rings. The van der Waals surface area contributed by atoms with Gasteiger partial charge in [0.2, 0.25) is 0 Å². The zero-order valence-electron chi connectivity index (χ0n) is 15.1. The maximum atomic E-state index is 12.1. The maximum Gasteiger partial charge on any atom is 0.326 e. The van der Waals surface area contributed by atoms with E-state index in [1.807, 2.05) is 66.9 Å². The fourth-order valence-electron chi connectivity index (χ4n) is 2.66. The largest absolute Gasteiger partial charge is 0.497 e. The van der Waals surface area contributed by atoms with Crippen molar-refractivity contribution < 1.29 is 19.0 Å². The topological polar surface area (TPSA) is 62.6 Å². The van der Waals surface area contributed by atoms with Crippen LogP contribution in [0.4, 0.5) is 0 Å². The minimum atomic E-state index is -0.297. The highest BCUT2D eigenvalue weighted by Gasteiger charge is 2.15. The van der Waals surface area contributed by atoms with Gasteiger partial charge in [-0.05, 0) is 50.2 Å². The molecular formula is C20H22N2O4. The average Bonchev–Trinajstić information content (AvgIpc) is 2.97. The van der Waals surface area contributed by atoms with Crippen molar-refractivity contribution in [1.82, 2.24) is 9.55 Å². The molecule has 26 heavy (non-hydrogen) atoms. The summed E-state index contributed by atoms with van der Waals surface area (Å²) in [5.41, 5.74) is 1.69. The normalized spacial score (nSPS) is 10.9. The molecule has 0 amide bonds. The number of rotatable bonds is 7. The SMILES string of the molecule is COc1ccc(OCc2nc3ccccc3n2CC(=O)OC(C)C)cc1. The van der Waals surface area contributed by atoms with Crippen LogP contribution in [0.2, 0.25) is 0 Å². The molecule has 1 heterocycles. The number of aromatic nitrogens is 2. The molecule has 1 aromatic heterocycles. The Balaban J connectivity index is 1.81. The second-order valence-corrected chi connectivity index (χ2v) is 6.11. The molecule has 0 saturated carbocycles. The summed E-state index contributed by atoms with van der Waals surface area (Å²) >= 11 is 0. The van der Waals surface area contributed by atoms with Gasteiger partial charge in [-0.25, -0.2) is 4.98 Å². The van der Waals surface area contributed by atoms with Gasteiger partial charge in [-0.3, -0.25) is 4.79 Å². The van der Waals surface area contributed by atoms with Gasteiger partial charge >= 0.3 is 5.97 Å². The lowest BCUT2D eigenvalue weighted by Crippen LogP contribution is -2.19. The van der Waals surface area contributed by atoms with Gasteiger partial charge in [-0.1, -0.05) is 12.1 Å². The maximum absolute atomic E-state index is 12.1. The van der Waals surface area contributed by atoms with Crippen LogP contribution in [0.15, 0.2) is 48.5 Å². The second-order valence-electron chi connectivity index (χ2n) is 6.11. The number of ether oxygens (including phenoxy) is 3. The van der Waals surface area contributed by atoms with E-state index >= 15 is 0 Å². The lowest BCUT2D eigenvalue weighted by atomic mass is 10.3. The summed E-state index contributed by atoms with van der Waals surface area (Å²) in [6.07, 6.45) is -0.156. The van der Waals surface area contributed by atoms with E-state index < -0.39 is 0 Å². The van der Waals surface area contributed by atoms with Crippen LogP contribution < -0.4 is 9.47 Å². The summed E-state index contributed by atoms with van der Waals surface area (Å²) in [5, 5.41) is 0. The van der Waals surface area contributed by atoms with Crippen LogP contribution in [-0.2, 0) is 22.7 Å². The summed E-state index contributed by atoms with van der Waals surface area (Å²) in [6, 6.07) is 15.0. The first-order chi connectivity index (χ1) is 12.6. The van der Waals surface area contributed by atoms with E-state index in [0.29, 0.717) is 11.6 Å². The molecule has 0 aliphatic rings. The van der Waals surface area contributed by atoms with Crippen LogP contribution in [0.3, 0.4) is 0 Å². The molecule has 0 fully saturated rings. The molecule has 0 aliphatic carbocycles. The number of para-hydroxylation sites is 2. The first-order valence-corrected chi connectivity index (χ1v) is 8.47. The summed E-state index contributed by atoms with van der Waals surface area (Å²) in [5.74, 6) is 1.84. The lowest BCUT2D eigenvalue weighted by molar-refractivity contribution is -0.148. The van der Waals surface area contributed by atoms with Crippen molar-refractivity contribution in [2.75, 3.05) is 7.11 Å². The van der Waals surface area contributed by atoms with E-state index in [2.05, 4.69) is 4.98 Å². The molecule has 0 spiro atoms. The monoisotopic (exact) mass is 354 g/mol. The van der Waals surface area contributed by atoms with Gasteiger partial charge in [0.1, 0.15) is 30.5 Å². The first-order valence-electron chi connectivity index (χ1n) is 8.47. The average molecular weight is 354 g/mol. The van der Waals surface area contributed by atoms with Gasteiger partial charge in [-0.15, -0.1) is 0 Å². The fraction of sp³-hybridized carbons (Fsp3) is 0.300. The quantitative estimate of drug-likeness (QED) is 0.607. The molecule has 0 bridgehead atoms. The molecule has 0 aliphatic heterocycles. The smallest absolute Gasteiger partial charge is 0.326 e. The molecule has 136 valence electrons. The highest BCUT2D eigenvalue weighted by atomic mass is 16.5. The van der Waals surface area contributed by atoms with Gasteiger partial charge in [0, 0.05) is 0 Å². The van der Waals surface area contributed by atoms with Crippen LogP contribution in [-0.4, -0.2) is 28.7 Å². The van der Waals surface area contributed by atoms with Crippen molar-refractivity contribution in [3.63, 3.8) is 0 Å². The minimum Gasteiger partial charge on any atom is -0.497 e. The highest BCUT2D eigenvalue weighted by molar-refractivity contribution is 5.79. The van der Waals surface area contributed by atoms with E-state index in [4.69, 9.17) is 14.2 Å². The minimum absolute atomic E-state index is 0.0972. The van der Waals surface area contributed by atoms with Crippen molar-refractivity contribution in [3.8, 4) is 11.5 Å². The van der Waals surface area contributed by atoms with E-state index in [9.17, 15) is 4.79 Å². The van der Waals surface area contributed by atoms with Crippen LogP contribution in [0.25, 0.3) is 11.0 Å². The number of carbonyl (C=O) groups is 1. The highest BCUT2D eigenvalue weighted by Crippen LogP contribution is 2.20. The van der Waals surface area contributed by atoms with Crippen molar-refractivity contribution in [3.05, 3.63) is 54.4 Å². The Morgan fingerprint density at radius 1 is 1.08 bits per heavy atom. The van der Waals surface area contributed by atoms with Gasteiger partial charge in [-0.2, -0.15) is 0 Å². The number of hydrogen-bond donors (Lipinski definition) is 0. The molecule has 0 saturated heterocycles. The first kappa shape index (κ1) is 17.8. The molecule has 6 nitrogen and oxygen atoms in total. The zero-order chi connectivity index (χ0) is 18.5. The molecule has 6 heteroatoms.